The molecule has 1 aliphatic rings. The summed E-state index contributed by atoms with van der Waals surface area (Å²) in [5.74, 6) is 2.89. The minimum absolute atomic E-state index is 0.114. The number of carbonyl (C=O) groups is 5. The SMILES string of the molecule is CCC(CC)COC(=O)CCCCCCC(O)CN(CCCSSCCN1CCN(CCOC(=O)CCCN(CC(O)CCCCC(=O)OCCC(C)C)CC(O)CCCCC(=O)OCCC(C)C)CC1)CC(O)CCCCCCC(=O)OCC(CC)CC. The van der Waals surface area contributed by atoms with Gasteiger partial charge in [0, 0.05) is 109 Å². The molecule has 1 saturated heterocycles. The first-order chi connectivity index (χ1) is 42.8. The second-order valence-corrected chi connectivity index (χ2v) is 28.8. The van der Waals surface area contributed by atoms with Crippen LogP contribution in [0.2, 0.25) is 0 Å². The molecule has 1 fully saturated rings. The van der Waals surface area contributed by atoms with Gasteiger partial charge < -0.3 is 44.1 Å². The third-order valence-electron chi connectivity index (χ3n) is 17.0. The number of hydrogen-bond acceptors (Lipinski definition) is 20. The van der Waals surface area contributed by atoms with Gasteiger partial charge in [-0.05, 0) is 114 Å². The van der Waals surface area contributed by atoms with E-state index in [0.29, 0.717) is 179 Å². The van der Waals surface area contributed by atoms with Crippen molar-refractivity contribution >= 4 is 51.4 Å². The Bertz CT molecular complexity index is 1640. The van der Waals surface area contributed by atoms with Gasteiger partial charge >= 0.3 is 29.8 Å². The summed E-state index contributed by atoms with van der Waals surface area (Å²) in [6.45, 7) is 27.5. The average Bonchev–Trinajstić information content (AvgIpc) is 3.52. The van der Waals surface area contributed by atoms with Crippen molar-refractivity contribution in [3.8, 4) is 0 Å². The van der Waals surface area contributed by atoms with Gasteiger partial charge in [-0.1, -0.05) is 154 Å². The molecule has 18 nitrogen and oxygen atoms in total. The number of aliphatic hydroxyl groups excluding tert-OH is 4. The van der Waals surface area contributed by atoms with E-state index in [1.54, 1.807) is 0 Å². The van der Waals surface area contributed by atoms with E-state index in [2.05, 4.69) is 70.1 Å². The maximum Gasteiger partial charge on any atom is 0.305 e. The smallest absolute Gasteiger partial charge is 0.305 e. The molecule has 0 saturated carbocycles. The van der Waals surface area contributed by atoms with Gasteiger partial charge in [0.2, 0.25) is 0 Å². The molecule has 4 atom stereocenters. The first kappa shape index (κ1) is 84.7. The van der Waals surface area contributed by atoms with Gasteiger partial charge in [-0.2, -0.15) is 0 Å². The molecule has 0 aliphatic carbocycles. The summed E-state index contributed by atoms with van der Waals surface area (Å²) in [4.78, 5) is 70.6. The fraction of sp³-hybridized carbons (Fsp3) is 0.928. The van der Waals surface area contributed by atoms with Crippen LogP contribution in [0.3, 0.4) is 0 Å². The van der Waals surface area contributed by atoms with E-state index in [-0.39, 0.29) is 36.3 Å². The monoisotopic (exact) mass is 1300 g/mol. The summed E-state index contributed by atoms with van der Waals surface area (Å²) in [7, 11) is 3.78. The number of aliphatic hydroxyl groups is 4. The van der Waals surface area contributed by atoms with E-state index in [4.69, 9.17) is 23.7 Å². The third kappa shape index (κ3) is 51.8. The molecule has 1 heterocycles. The highest BCUT2D eigenvalue weighted by atomic mass is 33.1. The Hall–Kier alpha value is -2.27. The summed E-state index contributed by atoms with van der Waals surface area (Å²) >= 11 is 0. The van der Waals surface area contributed by atoms with E-state index >= 15 is 0 Å². The molecule has 524 valence electrons. The third-order valence-corrected chi connectivity index (χ3v) is 19.5. The Morgan fingerprint density at radius 2 is 0.697 bits per heavy atom. The van der Waals surface area contributed by atoms with Crippen molar-refractivity contribution in [3.63, 3.8) is 0 Å². The summed E-state index contributed by atoms with van der Waals surface area (Å²) in [6.07, 6.45) is 18.8. The fourth-order valence-electron chi connectivity index (χ4n) is 10.6. The predicted octanol–water partition coefficient (Wildman–Crippen LogP) is 11.7. The Balaban J connectivity index is 2.50. The van der Waals surface area contributed by atoms with Crippen molar-refractivity contribution in [3.05, 3.63) is 0 Å². The second kappa shape index (κ2) is 57.2. The van der Waals surface area contributed by atoms with Crippen LogP contribution in [0.1, 0.15) is 242 Å². The van der Waals surface area contributed by atoms with Crippen LogP contribution >= 0.6 is 21.6 Å². The molecule has 4 N–H and O–H groups in total. The highest BCUT2D eigenvalue weighted by Crippen LogP contribution is 2.23. The van der Waals surface area contributed by atoms with Crippen molar-refractivity contribution in [2.24, 2.45) is 23.7 Å². The minimum Gasteiger partial charge on any atom is -0.466 e. The van der Waals surface area contributed by atoms with Crippen molar-refractivity contribution in [1.29, 1.82) is 0 Å². The highest BCUT2D eigenvalue weighted by molar-refractivity contribution is 8.76. The van der Waals surface area contributed by atoms with Crippen molar-refractivity contribution in [2.45, 2.75) is 266 Å². The van der Waals surface area contributed by atoms with Gasteiger partial charge in [0.05, 0.1) is 50.8 Å². The van der Waals surface area contributed by atoms with Crippen LogP contribution in [0.15, 0.2) is 0 Å². The van der Waals surface area contributed by atoms with Crippen molar-refractivity contribution in [2.75, 3.05) is 123 Å². The maximum atomic E-state index is 12.9. The summed E-state index contributed by atoms with van der Waals surface area (Å²) in [5.41, 5.74) is 0. The van der Waals surface area contributed by atoms with E-state index < -0.39 is 24.4 Å². The van der Waals surface area contributed by atoms with Gasteiger partial charge in [-0.25, -0.2) is 0 Å². The number of carbonyl (C=O) groups excluding carboxylic acids is 5. The molecule has 89 heavy (non-hydrogen) atoms. The fourth-order valence-corrected chi connectivity index (χ4v) is 12.7. The van der Waals surface area contributed by atoms with Gasteiger partial charge in [0.25, 0.3) is 0 Å². The largest absolute Gasteiger partial charge is 0.466 e. The Kier molecular flexibility index (Phi) is 54.5. The van der Waals surface area contributed by atoms with Crippen LogP contribution in [0.4, 0.5) is 0 Å². The molecule has 0 spiro atoms. The Morgan fingerprint density at radius 1 is 0.382 bits per heavy atom. The Labute approximate surface area is 549 Å². The zero-order valence-electron chi connectivity index (χ0n) is 57.5. The molecule has 0 bridgehead atoms. The molecule has 1 aliphatic heterocycles. The van der Waals surface area contributed by atoms with E-state index in [9.17, 15) is 44.4 Å². The van der Waals surface area contributed by atoms with E-state index in [1.807, 2.05) is 26.5 Å². The van der Waals surface area contributed by atoms with Crippen LogP contribution in [0.5, 0.6) is 0 Å². The number of unbranched alkanes of at least 4 members (excludes halogenated alkanes) is 8. The minimum atomic E-state index is -0.652. The summed E-state index contributed by atoms with van der Waals surface area (Å²) < 4.78 is 27.3. The molecule has 0 aromatic rings. The highest BCUT2D eigenvalue weighted by Gasteiger charge is 2.21. The maximum absolute atomic E-state index is 12.9. The van der Waals surface area contributed by atoms with Crippen LogP contribution in [-0.4, -0.2) is 217 Å². The lowest BCUT2D eigenvalue weighted by Crippen LogP contribution is -2.47. The Morgan fingerprint density at radius 3 is 1.09 bits per heavy atom. The van der Waals surface area contributed by atoms with E-state index in [1.165, 1.54) is 0 Å². The number of esters is 5. The van der Waals surface area contributed by atoms with Crippen molar-refractivity contribution < 1.29 is 68.1 Å². The van der Waals surface area contributed by atoms with Crippen LogP contribution in [-0.2, 0) is 47.7 Å². The first-order valence-corrected chi connectivity index (χ1v) is 38.0. The van der Waals surface area contributed by atoms with Crippen LogP contribution in [0, 0.1) is 23.7 Å². The lowest BCUT2D eigenvalue weighted by molar-refractivity contribution is -0.146. The normalized spacial score (nSPS) is 14.7. The lowest BCUT2D eigenvalue weighted by Gasteiger charge is -2.34. The zero-order valence-corrected chi connectivity index (χ0v) is 59.2. The molecule has 0 aromatic heterocycles. The number of piperazine rings is 1. The van der Waals surface area contributed by atoms with Crippen molar-refractivity contribution in [1.82, 2.24) is 19.6 Å². The van der Waals surface area contributed by atoms with E-state index in [0.717, 1.165) is 147 Å². The molecule has 4 unspecified atom stereocenters. The molecular weight excluding hydrogens is 1170 g/mol. The van der Waals surface area contributed by atoms with Gasteiger partial charge in [0.1, 0.15) is 6.61 Å². The number of ether oxygens (including phenoxy) is 5. The quantitative estimate of drug-likeness (QED) is 0.0192. The molecule has 0 aromatic carbocycles. The number of nitrogens with zero attached hydrogens (tertiary/aromatic N) is 4. The lowest BCUT2D eigenvalue weighted by atomic mass is 10.1. The average molecular weight is 1310 g/mol. The zero-order chi connectivity index (χ0) is 65.7. The number of hydrogen-bond donors (Lipinski definition) is 4. The van der Waals surface area contributed by atoms with Gasteiger partial charge in [0.15, 0.2) is 0 Å². The molecule has 0 amide bonds. The standard InChI is InChI=1S/C69H132N4O14S2/c1-9-59(10-2)55-86-68(81)31-19-15-13-17-27-61(74)53-73(54-62(75)28-18-14-16-20-32-69(82)87-56-60(11-3)12-4)39-26-49-88-89-50-45-71-42-40-70(41-43-71)44-48-85-67(80)35-25-38-72(51-63(76)29-21-23-33-65(78)83-46-36-57(5)6)52-64(77)30-22-24-34-66(79)84-47-37-58(7)8/h57-64,74-77H,9-56H2,1-8H3. The summed E-state index contributed by atoms with van der Waals surface area (Å²) in [6, 6.07) is 0. The first-order valence-electron chi connectivity index (χ1n) is 35.5. The molecule has 0 radical (unpaired) electrons. The van der Waals surface area contributed by atoms with Crippen LogP contribution < -0.4 is 0 Å². The molecule has 1 rings (SSSR count). The van der Waals surface area contributed by atoms with Crippen LogP contribution in [0.25, 0.3) is 0 Å². The number of rotatable bonds is 61. The predicted molar refractivity (Wildman–Crippen MR) is 363 cm³/mol. The topological polar surface area (TPSA) is 225 Å². The summed E-state index contributed by atoms with van der Waals surface area (Å²) in [5, 5.41) is 44.2. The van der Waals surface area contributed by atoms with Gasteiger partial charge in [-0.3, -0.25) is 43.6 Å². The molecule has 20 heteroatoms. The van der Waals surface area contributed by atoms with Gasteiger partial charge in [-0.15, -0.1) is 0 Å². The second-order valence-electron chi connectivity index (χ2n) is 26.1. The molecular formula is C69H132N4O14S2.